The second kappa shape index (κ2) is 10.1. The number of rotatable bonds is 10. The van der Waals surface area contributed by atoms with Gasteiger partial charge in [0.05, 0.1) is 11.4 Å². The fraction of sp³-hybridized carbons (Fsp3) is 0.647. The summed E-state index contributed by atoms with van der Waals surface area (Å²) in [7, 11) is 2.13. The van der Waals surface area contributed by atoms with Crippen molar-refractivity contribution < 1.29 is 0 Å². The Labute approximate surface area is 132 Å². The van der Waals surface area contributed by atoms with Gasteiger partial charge in [0, 0.05) is 18.1 Å². The van der Waals surface area contributed by atoms with Crippen LogP contribution in [0, 0.1) is 0 Å². The fourth-order valence-electron chi connectivity index (χ4n) is 2.48. The lowest BCUT2D eigenvalue weighted by atomic mass is 10.1. The van der Waals surface area contributed by atoms with Crippen molar-refractivity contribution in [3.8, 4) is 0 Å². The summed E-state index contributed by atoms with van der Waals surface area (Å²) in [4.78, 5) is 2.26. The van der Waals surface area contributed by atoms with Crippen molar-refractivity contribution in [3.05, 3.63) is 22.7 Å². The number of hydrogen-bond donors (Lipinski definition) is 1. The van der Waals surface area contributed by atoms with Crippen molar-refractivity contribution in [2.45, 2.75) is 58.3 Å². The lowest BCUT2D eigenvalue weighted by molar-refractivity contribution is 0.575. The summed E-state index contributed by atoms with van der Waals surface area (Å²) >= 11 is 3.45. The first-order chi connectivity index (χ1) is 9.65. The first-order valence-corrected chi connectivity index (χ1v) is 8.70. The van der Waals surface area contributed by atoms with Crippen LogP contribution in [0.5, 0.6) is 0 Å². The molecule has 0 saturated carbocycles. The maximum atomic E-state index is 6.05. The largest absolute Gasteiger partial charge is 0.397 e. The Morgan fingerprint density at radius 2 is 1.60 bits per heavy atom. The highest BCUT2D eigenvalue weighted by Crippen LogP contribution is 2.26. The average molecular weight is 341 g/mol. The summed E-state index contributed by atoms with van der Waals surface area (Å²) in [5.41, 5.74) is 8.03. The van der Waals surface area contributed by atoms with E-state index in [1.165, 1.54) is 51.4 Å². The number of benzene rings is 1. The van der Waals surface area contributed by atoms with Gasteiger partial charge in [-0.05, 0) is 24.6 Å². The van der Waals surface area contributed by atoms with Gasteiger partial charge in [-0.3, -0.25) is 0 Å². The van der Waals surface area contributed by atoms with E-state index >= 15 is 0 Å². The summed E-state index contributed by atoms with van der Waals surface area (Å²) in [5, 5.41) is 0. The molecule has 2 nitrogen and oxygen atoms in total. The molecule has 0 atom stereocenters. The molecule has 0 radical (unpaired) electrons. The van der Waals surface area contributed by atoms with Crippen LogP contribution in [0.2, 0.25) is 0 Å². The molecule has 20 heavy (non-hydrogen) atoms. The Morgan fingerprint density at radius 3 is 2.20 bits per heavy atom. The molecule has 0 amide bonds. The van der Waals surface area contributed by atoms with E-state index in [1.54, 1.807) is 0 Å². The lowest BCUT2D eigenvalue weighted by Gasteiger charge is -2.21. The first-order valence-electron chi connectivity index (χ1n) is 7.91. The summed E-state index contributed by atoms with van der Waals surface area (Å²) in [6.45, 7) is 3.35. The molecule has 1 rings (SSSR count). The van der Waals surface area contributed by atoms with E-state index < -0.39 is 0 Å². The van der Waals surface area contributed by atoms with Gasteiger partial charge in [-0.2, -0.15) is 0 Å². The Kier molecular flexibility index (Phi) is 8.75. The van der Waals surface area contributed by atoms with E-state index in [4.69, 9.17) is 5.73 Å². The maximum absolute atomic E-state index is 6.05. The van der Waals surface area contributed by atoms with Crippen LogP contribution in [0.1, 0.15) is 58.3 Å². The van der Waals surface area contributed by atoms with Crippen molar-refractivity contribution in [3.63, 3.8) is 0 Å². The molecule has 2 N–H and O–H groups in total. The predicted octanol–water partition coefficient (Wildman–Crippen LogP) is 5.61. The Balaban J connectivity index is 2.15. The van der Waals surface area contributed by atoms with Gasteiger partial charge in [0.25, 0.3) is 0 Å². The molecule has 3 heteroatoms. The molecule has 0 aliphatic heterocycles. The minimum atomic E-state index is 0.849. The Morgan fingerprint density at radius 1 is 1.00 bits per heavy atom. The van der Waals surface area contributed by atoms with Gasteiger partial charge in [0.2, 0.25) is 0 Å². The predicted molar refractivity (Wildman–Crippen MR) is 94.4 cm³/mol. The maximum Gasteiger partial charge on any atom is 0.0598 e. The molecule has 0 spiro atoms. The molecule has 0 aliphatic rings. The van der Waals surface area contributed by atoms with Crippen LogP contribution in [-0.4, -0.2) is 13.6 Å². The third kappa shape index (κ3) is 6.65. The number of hydrogen-bond acceptors (Lipinski definition) is 2. The second-order valence-electron chi connectivity index (χ2n) is 5.60. The zero-order chi connectivity index (χ0) is 14.8. The quantitative estimate of drug-likeness (QED) is 0.443. The summed E-state index contributed by atoms with van der Waals surface area (Å²) in [6, 6.07) is 6.11. The van der Waals surface area contributed by atoms with Crippen LogP contribution >= 0.6 is 15.9 Å². The third-order valence-corrected chi connectivity index (χ3v) is 4.24. The number of nitrogens with zero attached hydrogens (tertiary/aromatic N) is 1. The first kappa shape index (κ1) is 17.4. The normalized spacial score (nSPS) is 10.8. The van der Waals surface area contributed by atoms with Gasteiger partial charge in [0.15, 0.2) is 0 Å². The van der Waals surface area contributed by atoms with E-state index in [2.05, 4.69) is 46.9 Å². The highest BCUT2D eigenvalue weighted by molar-refractivity contribution is 9.10. The molecule has 0 fully saturated rings. The molecule has 0 heterocycles. The SMILES string of the molecule is CCCCCCCCCCN(C)c1ccc(Br)cc1N. The van der Waals surface area contributed by atoms with Gasteiger partial charge < -0.3 is 10.6 Å². The molecule has 0 saturated heterocycles. The van der Waals surface area contributed by atoms with Crippen molar-refractivity contribution >= 4 is 27.3 Å². The van der Waals surface area contributed by atoms with E-state index in [1.807, 2.05) is 6.07 Å². The molecule has 114 valence electrons. The van der Waals surface area contributed by atoms with Crippen molar-refractivity contribution in [2.75, 3.05) is 24.2 Å². The van der Waals surface area contributed by atoms with Gasteiger partial charge in [0.1, 0.15) is 0 Å². The smallest absolute Gasteiger partial charge is 0.0598 e. The molecule has 0 bridgehead atoms. The average Bonchev–Trinajstić information content (AvgIpc) is 2.41. The monoisotopic (exact) mass is 340 g/mol. The van der Waals surface area contributed by atoms with Gasteiger partial charge in [-0.25, -0.2) is 0 Å². The number of halogens is 1. The van der Waals surface area contributed by atoms with E-state index in [-0.39, 0.29) is 0 Å². The molecule has 1 aromatic carbocycles. The van der Waals surface area contributed by atoms with Gasteiger partial charge >= 0.3 is 0 Å². The summed E-state index contributed by atoms with van der Waals surface area (Å²) in [6.07, 6.45) is 10.9. The molecular formula is C17H29BrN2. The molecule has 1 aromatic rings. The van der Waals surface area contributed by atoms with Crippen LogP contribution in [0.15, 0.2) is 22.7 Å². The van der Waals surface area contributed by atoms with Crippen LogP contribution in [0.4, 0.5) is 11.4 Å². The van der Waals surface area contributed by atoms with Gasteiger partial charge in [-0.15, -0.1) is 0 Å². The Bertz CT molecular complexity index is 379. The zero-order valence-electron chi connectivity index (χ0n) is 13.0. The molecule has 0 aliphatic carbocycles. The summed E-state index contributed by atoms with van der Waals surface area (Å²) in [5.74, 6) is 0. The number of unbranched alkanes of at least 4 members (excludes halogenated alkanes) is 7. The third-order valence-electron chi connectivity index (χ3n) is 3.75. The topological polar surface area (TPSA) is 29.3 Å². The highest BCUT2D eigenvalue weighted by atomic mass is 79.9. The van der Waals surface area contributed by atoms with Crippen molar-refractivity contribution in [1.29, 1.82) is 0 Å². The van der Waals surface area contributed by atoms with Crippen molar-refractivity contribution in [1.82, 2.24) is 0 Å². The second-order valence-corrected chi connectivity index (χ2v) is 6.52. The van der Waals surface area contributed by atoms with E-state index in [9.17, 15) is 0 Å². The minimum absolute atomic E-state index is 0.849. The van der Waals surface area contributed by atoms with Crippen LogP contribution < -0.4 is 10.6 Å². The summed E-state index contributed by atoms with van der Waals surface area (Å²) < 4.78 is 1.04. The van der Waals surface area contributed by atoms with Gasteiger partial charge in [-0.1, -0.05) is 67.8 Å². The van der Waals surface area contributed by atoms with Crippen LogP contribution in [0.3, 0.4) is 0 Å². The Hall–Kier alpha value is -0.700. The van der Waals surface area contributed by atoms with Crippen LogP contribution in [0.25, 0.3) is 0 Å². The molecular weight excluding hydrogens is 312 g/mol. The number of anilines is 2. The molecule has 0 unspecified atom stereocenters. The zero-order valence-corrected chi connectivity index (χ0v) is 14.6. The van der Waals surface area contributed by atoms with E-state index in [0.717, 1.165) is 22.4 Å². The molecule has 0 aromatic heterocycles. The van der Waals surface area contributed by atoms with Crippen LogP contribution in [-0.2, 0) is 0 Å². The standard InChI is InChI=1S/C17H29BrN2/c1-3-4-5-6-7-8-9-10-13-20(2)17-12-11-15(18)14-16(17)19/h11-12,14H,3-10,13,19H2,1-2H3. The lowest BCUT2D eigenvalue weighted by Crippen LogP contribution is -2.19. The number of nitrogens with two attached hydrogens (primary N) is 1. The minimum Gasteiger partial charge on any atom is -0.397 e. The number of nitrogen functional groups attached to an aromatic ring is 1. The highest BCUT2D eigenvalue weighted by Gasteiger charge is 2.05. The van der Waals surface area contributed by atoms with E-state index in [0.29, 0.717) is 0 Å². The van der Waals surface area contributed by atoms with Crippen molar-refractivity contribution in [2.24, 2.45) is 0 Å². The fourth-order valence-corrected chi connectivity index (χ4v) is 2.86.